The lowest BCUT2D eigenvalue weighted by atomic mass is 10.1. The molecule has 0 fully saturated rings. The predicted octanol–water partition coefficient (Wildman–Crippen LogP) is 1.93. The summed E-state index contributed by atoms with van der Waals surface area (Å²) >= 11 is 0. The summed E-state index contributed by atoms with van der Waals surface area (Å²) in [6.07, 6.45) is 5.04. The van der Waals surface area contributed by atoms with E-state index in [4.69, 9.17) is 4.74 Å². The first-order valence-electron chi connectivity index (χ1n) is 8.75. The molecular weight excluding hydrogens is 358 g/mol. The molecule has 0 bridgehead atoms. The lowest BCUT2D eigenvalue weighted by Crippen LogP contribution is -2.35. The molecule has 5 rings (SSSR count). The van der Waals surface area contributed by atoms with Crippen LogP contribution in [0.5, 0.6) is 5.75 Å². The molecule has 0 saturated carbocycles. The van der Waals surface area contributed by atoms with Crippen LogP contribution in [0.25, 0.3) is 17.0 Å². The van der Waals surface area contributed by atoms with Crippen LogP contribution in [0.2, 0.25) is 0 Å². The molecule has 0 saturated heterocycles. The molecule has 1 unspecified atom stereocenters. The van der Waals surface area contributed by atoms with Gasteiger partial charge in [0.2, 0.25) is 0 Å². The second kappa shape index (κ2) is 6.34. The largest absolute Gasteiger partial charge is 0.487 e. The molecule has 8 nitrogen and oxygen atoms in total. The Hall–Kier alpha value is -3.94. The molecule has 1 aliphatic rings. The normalized spacial score (nSPS) is 15.1. The Balaban J connectivity index is 1.62. The molecule has 0 spiro atoms. The lowest BCUT2D eigenvalue weighted by Gasteiger charge is -2.18. The van der Waals surface area contributed by atoms with Gasteiger partial charge in [-0.1, -0.05) is 30.3 Å². The zero-order valence-electron chi connectivity index (χ0n) is 14.6. The fourth-order valence-electron chi connectivity index (χ4n) is 3.48. The number of hydrogen-bond acceptors (Lipinski definition) is 5. The number of allylic oxidation sites excluding steroid dienone is 1. The Bertz CT molecular complexity index is 1320. The number of aromatic amines is 1. The summed E-state index contributed by atoms with van der Waals surface area (Å²) in [5.41, 5.74) is 0.994. The van der Waals surface area contributed by atoms with Gasteiger partial charge in [0.25, 0.3) is 11.1 Å². The van der Waals surface area contributed by atoms with Crippen LogP contribution >= 0.6 is 0 Å². The number of fused-ring (bicyclic) bond motifs is 2. The minimum atomic E-state index is -0.446. The number of para-hydroxylation sites is 1. The van der Waals surface area contributed by atoms with E-state index in [0.29, 0.717) is 22.2 Å². The number of nitrogens with zero attached hydrogens (tertiary/aromatic N) is 4. The molecule has 3 heterocycles. The van der Waals surface area contributed by atoms with E-state index >= 15 is 0 Å². The fourth-order valence-corrected chi connectivity index (χ4v) is 3.48. The fraction of sp³-hybridized carbons (Fsp3) is 0.100. The quantitative estimate of drug-likeness (QED) is 0.590. The molecule has 1 atom stereocenters. The van der Waals surface area contributed by atoms with Crippen molar-refractivity contribution in [2.24, 2.45) is 0 Å². The number of aromatic nitrogens is 5. The van der Waals surface area contributed by atoms with E-state index in [1.165, 1.54) is 9.36 Å². The summed E-state index contributed by atoms with van der Waals surface area (Å²) < 4.78 is 8.73. The van der Waals surface area contributed by atoms with Crippen LogP contribution < -0.4 is 15.9 Å². The second-order valence-corrected chi connectivity index (χ2v) is 6.42. The van der Waals surface area contributed by atoms with Gasteiger partial charge < -0.3 is 4.74 Å². The first-order chi connectivity index (χ1) is 13.7. The third kappa shape index (κ3) is 2.46. The van der Waals surface area contributed by atoms with Crippen molar-refractivity contribution in [1.82, 2.24) is 24.8 Å². The van der Waals surface area contributed by atoms with Gasteiger partial charge in [-0.25, -0.2) is 9.36 Å². The summed E-state index contributed by atoms with van der Waals surface area (Å²) in [5, 5.41) is 11.1. The smallest absolute Gasteiger partial charge is 0.277 e. The van der Waals surface area contributed by atoms with Gasteiger partial charge >= 0.3 is 0 Å². The highest BCUT2D eigenvalue weighted by Gasteiger charge is 2.25. The van der Waals surface area contributed by atoms with Gasteiger partial charge in [-0.2, -0.15) is 15.4 Å². The molecule has 1 aliphatic heterocycles. The van der Waals surface area contributed by atoms with E-state index < -0.39 is 6.04 Å². The highest BCUT2D eigenvalue weighted by atomic mass is 16.5. The molecule has 138 valence electrons. The lowest BCUT2D eigenvalue weighted by molar-refractivity contribution is 0.295. The maximum absolute atomic E-state index is 13.1. The SMILES string of the molecule is O=c1c2ccccc2c(=O)n2n1C=CC2c1ccccc1OCc1cn[nH]n1. The first kappa shape index (κ1) is 16.2. The van der Waals surface area contributed by atoms with Gasteiger partial charge in [0.15, 0.2) is 0 Å². The molecule has 0 amide bonds. The monoisotopic (exact) mass is 373 g/mol. The van der Waals surface area contributed by atoms with Crippen molar-refractivity contribution in [2.75, 3.05) is 0 Å². The van der Waals surface area contributed by atoms with E-state index in [9.17, 15) is 9.59 Å². The van der Waals surface area contributed by atoms with Crippen LogP contribution in [0.3, 0.4) is 0 Å². The van der Waals surface area contributed by atoms with E-state index in [1.807, 2.05) is 30.3 Å². The predicted molar refractivity (Wildman–Crippen MR) is 103 cm³/mol. The molecule has 0 radical (unpaired) electrons. The van der Waals surface area contributed by atoms with Gasteiger partial charge in [0.1, 0.15) is 24.1 Å². The summed E-state index contributed by atoms with van der Waals surface area (Å²) in [6.45, 7) is 0.239. The molecule has 28 heavy (non-hydrogen) atoms. The van der Waals surface area contributed by atoms with Crippen LogP contribution in [0, 0.1) is 0 Å². The minimum Gasteiger partial charge on any atom is -0.487 e. The van der Waals surface area contributed by atoms with Crippen molar-refractivity contribution in [2.45, 2.75) is 12.6 Å². The van der Waals surface area contributed by atoms with Gasteiger partial charge in [0.05, 0.1) is 17.0 Å². The molecular formula is C20H15N5O3. The van der Waals surface area contributed by atoms with Crippen molar-refractivity contribution >= 4 is 17.0 Å². The molecule has 0 aliphatic carbocycles. The van der Waals surface area contributed by atoms with Gasteiger partial charge in [-0.15, -0.1) is 0 Å². The van der Waals surface area contributed by atoms with E-state index in [0.717, 1.165) is 5.56 Å². The third-order valence-corrected chi connectivity index (χ3v) is 4.79. The Morgan fingerprint density at radius 2 is 1.75 bits per heavy atom. The Kier molecular flexibility index (Phi) is 3.68. The molecule has 8 heteroatoms. The number of H-pyrrole nitrogens is 1. The van der Waals surface area contributed by atoms with E-state index in [1.54, 1.807) is 36.7 Å². The van der Waals surface area contributed by atoms with Crippen molar-refractivity contribution in [3.05, 3.63) is 92.8 Å². The Labute approximate surface area is 158 Å². The maximum atomic E-state index is 13.1. The van der Waals surface area contributed by atoms with Crippen molar-refractivity contribution < 1.29 is 4.74 Å². The average molecular weight is 373 g/mol. The number of nitrogens with one attached hydrogen (secondary N) is 1. The summed E-state index contributed by atoms with van der Waals surface area (Å²) in [6, 6.07) is 13.9. The number of benzene rings is 2. The third-order valence-electron chi connectivity index (χ3n) is 4.79. The summed E-state index contributed by atoms with van der Waals surface area (Å²) in [4.78, 5) is 25.9. The van der Waals surface area contributed by atoms with Gasteiger partial charge in [0, 0.05) is 11.8 Å². The van der Waals surface area contributed by atoms with Crippen LogP contribution in [-0.2, 0) is 6.61 Å². The van der Waals surface area contributed by atoms with Crippen molar-refractivity contribution in [1.29, 1.82) is 0 Å². The van der Waals surface area contributed by atoms with E-state index in [2.05, 4.69) is 15.4 Å². The standard InChI is InChI=1S/C20H15N5O3/c26-19-14-5-1-2-6-15(14)20(27)25-17(9-10-24(19)25)16-7-3-4-8-18(16)28-12-13-11-21-23-22-13/h1-11,17H,12H2,(H,21,22,23). The Morgan fingerprint density at radius 1 is 1.00 bits per heavy atom. The topological polar surface area (TPSA) is 94.8 Å². The summed E-state index contributed by atoms with van der Waals surface area (Å²) in [7, 11) is 0. The van der Waals surface area contributed by atoms with Crippen molar-refractivity contribution in [3.8, 4) is 5.75 Å². The van der Waals surface area contributed by atoms with Gasteiger partial charge in [-0.05, 0) is 24.3 Å². The first-order valence-corrected chi connectivity index (χ1v) is 8.75. The average Bonchev–Trinajstić information content (AvgIpc) is 3.41. The Morgan fingerprint density at radius 3 is 2.54 bits per heavy atom. The number of hydrogen-bond donors (Lipinski definition) is 1. The zero-order chi connectivity index (χ0) is 19.1. The van der Waals surface area contributed by atoms with Crippen LogP contribution in [0.15, 0.2) is 70.4 Å². The van der Waals surface area contributed by atoms with E-state index in [-0.39, 0.29) is 17.7 Å². The molecule has 2 aromatic heterocycles. The van der Waals surface area contributed by atoms with Crippen LogP contribution in [0.1, 0.15) is 17.3 Å². The van der Waals surface area contributed by atoms with Crippen molar-refractivity contribution in [3.63, 3.8) is 0 Å². The molecule has 4 aromatic rings. The maximum Gasteiger partial charge on any atom is 0.277 e. The van der Waals surface area contributed by atoms with Crippen LogP contribution in [0.4, 0.5) is 0 Å². The summed E-state index contributed by atoms with van der Waals surface area (Å²) in [5.74, 6) is 0.612. The highest BCUT2D eigenvalue weighted by molar-refractivity contribution is 5.81. The van der Waals surface area contributed by atoms with Crippen LogP contribution in [-0.4, -0.2) is 24.8 Å². The number of rotatable bonds is 4. The minimum absolute atomic E-state index is 0.225. The zero-order valence-corrected chi connectivity index (χ0v) is 14.6. The highest BCUT2D eigenvalue weighted by Crippen LogP contribution is 2.31. The number of ether oxygens (including phenoxy) is 1. The van der Waals surface area contributed by atoms with Gasteiger partial charge in [-0.3, -0.25) is 9.59 Å². The molecule has 1 N–H and O–H groups in total. The molecule has 2 aromatic carbocycles. The second-order valence-electron chi connectivity index (χ2n) is 6.42.